The molecule has 1 amide bonds. The molecule has 0 aromatic heterocycles. The number of nitrogens with zero attached hydrogens (tertiary/aromatic N) is 1. The van der Waals surface area contributed by atoms with Gasteiger partial charge >= 0.3 is 0 Å². The molecule has 8 heavy (non-hydrogen) atoms. The Morgan fingerprint density at radius 2 is 2.62 bits per heavy atom. The lowest BCUT2D eigenvalue weighted by atomic mass is 10.7. The van der Waals surface area contributed by atoms with Crippen molar-refractivity contribution in [3.63, 3.8) is 0 Å². The second kappa shape index (κ2) is 2.34. The van der Waals surface area contributed by atoms with Gasteiger partial charge in [-0.2, -0.15) is 5.53 Å². The fraction of sp³-hybridized carbons (Fsp3) is 0.667. The van der Waals surface area contributed by atoms with Gasteiger partial charge in [0.25, 0.3) is 5.24 Å². The minimum Gasteiger partial charge on any atom is -0.260 e. The van der Waals surface area contributed by atoms with Crippen LogP contribution in [0.1, 0.15) is 0 Å². The number of carbonyl (C=O) groups excluding carboxylic acids is 1. The summed E-state index contributed by atoms with van der Waals surface area (Å²) in [6.07, 6.45) is 0. The van der Waals surface area contributed by atoms with Crippen molar-refractivity contribution in [3.05, 3.63) is 0 Å². The molecule has 0 bridgehead atoms. The Bertz CT molecular complexity index is 107. The molecule has 1 fully saturated rings. The van der Waals surface area contributed by atoms with Gasteiger partial charge in [-0.25, -0.2) is 0 Å². The number of amides is 1. The molecule has 3 N–H and O–H groups in total. The zero-order valence-electron chi connectivity index (χ0n) is 4.26. The van der Waals surface area contributed by atoms with Gasteiger partial charge in [-0.05, 0) is 0 Å². The molecular weight excluding hydrogens is 126 g/mol. The number of nitrogens with one attached hydrogen (secondary N) is 1. The van der Waals surface area contributed by atoms with Crippen LogP contribution in [-0.2, 0) is 0 Å². The minimum atomic E-state index is 0.00694. The number of hydrazine groups is 2. The topological polar surface area (TPSA) is 58.4 Å². The highest BCUT2D eigenvalue weighted by atomic mass is 32.2. The molecule has 0 spiro atoms. The van der Waals surface area contributed by atoms with E-state index in [9.17, 15) is 4.79 Å². The van der Waals surface area contributed by atoms with E-state index in [-0.39, 0.29) is 5.24 Å². The van der Waals surface area contributed by atoms with Gasteiger partial charge in [-0.15, -0.1) is 0 Å². The third kappa shape index (κ3) is 0.936. The van der Waals surface area contributed by atoms with Gasteiger partial charge in [0.2, 0.25) is 0 Å². The van der Waals surface area contributed by atoms with Gasteiger partial charge in [0.1, 0.15) is 0 Å². The Kier molecular flexibility index (Phi) is 1.72. The predicted molar refractivity (Wildman–Crippen MR) is 31.9 cm³/mol. The van der Waals surface area contributed by atoms with Crippen molar-refractivity contribution in [2.24, 2.45) is 5.84 Å². The first-order chi connectivity index (χ1) is 3.84. The fourth-order valence-electron chi connectivity index (χ4n) is 0.511. The summed E-state index contributed by atoms with van der Waals surface area (Å²) < 4.78 is 0. The highest BCUT2D eigenvalue weighted by Crippen LogP contribution is 2.13. The van der Waals surface area contributed by atoms with Gasteiger partial charge < -0.3 is 0 Å². The number of rotatable bonds is 1. The number of hydrogen-bond acceptors (Lipinski definition) is 4. The summed E-state index contributed by atoms with van der Waals surface area (Å²) in [6, 6.07) is 0. The van der Waals surface area contributed by atoms with Crippen LogP contribution < -0.4 is 11.4 Å². The molecule has 0 unspecified atom stereocenters. The first kappa shape index (κ1) is 5.87. The van der Waals surface area contributed by atoms with Crippen LogP contribution in [0.5, 0.6) is 0 Å². The molecular formula is C3H7N3OS. The number of thioether (sulfide) groups is 1. The monoisotopic (exact) mass is 133 g/mol. The quantitative estimate of drug-likeness (QED) is 0.375. The van der Waals surface area contributed by atoms with Crippen LogP contribution >= 0.6 is 11.8 Å². The summed E-state index contributed by atoms with van der Waals surface area (Å²) in [5.41, 5.74) is 2.28. The summed E-state index contributed by atoms with van der Waals surface area (Å²) in [4.78, 5) is 10.6. The third-order valence-corrected chi connectivity index (χ3v) is 1.77. The van der Waals surface area contributed by atoms with Crippen LogP contribution in [0.3, 0.4) is 0 Å². The maximum atomic E-state index is 10.6. The lowest BCUT2D eigenvalue weighted by Crippen LogP contribution is -2.42. The average molecular weight is 133 g/mol. The Labute approximate surface area is 51.3 Å². The van der Waals surface area contributed by atoms with Crippen LogP contribution in [0.2, 0.25) is 0 Å². The number of carbonyl (C=O) groups is 1. The van der Waals surface area contributed by atoms with Gasteiger partial charge in [-0.1, -0.05) is 11.8 Å². The lowest BCUT2D eigenvalue weighted by Gasteiger charge is -2.09. The summed E-state index contributed by atoms with van der Waals surface area (Å²) in [6.45, 7) is 0.708. The highest BCUT2D eigenvalue weighted by Gasteiger charge is 2.18. The molecule has 1 heterocycles. The Balaban J connectivity index is 2.42. The summed E-state index contributed by atoms with van der Waals surface area (Å²) >= 11 is 1.27. The number of hydrogen-bond donors (Lipinski definition) is 2. The largest absolute Gasteiger partial charge is 0.296 e. The van der Waals surface area contributed by atoms with E-state index in [1.165, 1.54) is 16.8 Å². The summed E-state index contributed by atoms with van der Waals surface area (Å²) in [5.74, 6) is 5.80. The van der Waals surface area contributed by atoms with E-state index < -0.39 is 0 Å². The normalized spacial score (nSPS) is 20.1. The first-order valence-electron chi connectivity index (χ1n) is 2.25. The zero-order valence-corrected chi connectivity index (χ0v) is 5.07. The molecule has 46 valence electrons. The molecule has 1 aliphatic heterocycles. The van der Waals surface area contributed by atoms with Crippen LogP contribution in [0.4, 0.5) is 4.79 Å². The molecule has 0 atom stereocenters. The minimum absolute atomic E-state index is 0.00694. The molecule has 0 aliphatic carbocycles. The number of nitrogens with two attached hydrogens (primary N) is 1. The predicted octanol–water partition coefficient (Wildman–Crippen LogP) is -0.466. The highest BCUT2D eigenvalue weighted by molar-refractivity contribution is 8.13. The van der Waals surface area contributed by atoms with E-state index in [1.54, 1.807) is 0 Å². The molecule has 1 rings (SSSR count). The Morgan fingerprint density at radius 1 is 1.88 bits per heavy atom. The van der Waals surface area contributed by atoms with Crippen molar-refractivity contribution in [1.29, 1.82) is 0 Å². The SMILES string of the molecule is NNN1CCSC1=O. The van der Waals surface area contributed by atoms with Gasteiger partial charge in [0.05, 0.1) is 0 Å². The molecule has 5 heteroatoms. The molecule has 0 aromatic rings. The van der Waals surface area contributed by atoms with E-state index in [1.807, 2.05) is 0 Å². The summed E-state index contributed by atoms with van der Waals surface area (Å²) in [5, 5.41) is 1.39. The van der Waals surface area contributed by atoms with Crippen molar-refractivity contribution in [2.75, 3.05) is 12.3 Å². The standard InChI is InChI=1S/C3H7N3OS/c4-5-6-1-2-8-3(6)7/h5H,1-2,4H2. The van der Waals surface area contributed by atoms with Crippen LogP contribution in [0.25, 0.3) is 0 Å². The second-order valence-corrected chi connectivity index (χ2v) is 2.44. The smallest absolute Gasteiger partial charge is 0.260 e. The molecule has 0 aromatic carbocycles. The zero-order chi connectivity index (χ0) is 5.98. The average Bonchev–Trinajstić information content (AvgIpc) is 2.14. The third-order valence-electron chi connectivity index (χ3n) is 0.917. The Hall–Kier alpha value is -0.260. The van der Waals surface area contributed by atoms with Crippen molar-refractivity contribution >= 4 is 17.0 Å². The molecule has 1 saturated heterocycles. The van der Waals surface area contributed by atoms with Crippen LogP contribution in [0, 0.1) is 0 Å². The van der Waals surface area contributed by atoms with Crippen LogP contribution in [-0.4, -0.2) is 22.5 Å². The van der Waals surface area contributed by atoms with Crippen LogP contribution in [0.15, 0.2) is 0 Å². The van der Waals surface area contributed by atoms with Gasteiger partial charge in [0.15, 0.2) is 0 Å². The van der Waals surface area contributed by atoms with E-state index in [0.29, 0.717) is 6.54 Å². The maximum absolute atomic E-state index is 10.6. The van der Waals surface area contributed by atoms with E-state index in [2.05, 4.69) is 5.53 Å². The fourth-order valence-corrected chi connectivity index (χ4v) is 1.26. The van der Waals surface area contributed by atoms with Crippen molar-refractivity contribution in [3.8, 4) is 0 Å². The van der Waals surface area contributed by atoms with Gasteiger partial charge in [-0.3, -0.25) is 15.6 Å². The molecule has 0 saturated carbocycles. The second-order valence-electron chi connectivity index (χ2n) is 1.40. The maximum Gasteiger partial charge on any atom is 0.296 e. The summed E-state index contributed by atoms with van der Waals surface area (Å²) in [7, 11) is 0. The first-order valence-corrected chi connectivity index (χ1v) is 3.23. The Morgan fingerprint density at radius 3 is 2.88 bits per heavy atom. The lowest BCUT2D eigenvalue weighted by molar-refractivity contribution is 0.206. The van der Waals surface area contributed by atoms with Crippen molar-refractivity contribution in [2.45, 2.75) is 0 Å². The van der Waals surface area contributed by atoms with E-state index in [4.69, 9.17) is 5.84 Å². The molecule has 1 aliphatic rings. The molecule has 4 nitrogen and oxygen atoms in total. The van der Waals surface area contributed by atoms with E-state index >= 15 is 0 Å². The van der Waals surface area contributed by atoms with Crippen molar-refractivity contribution < 1.29 is 4.79 Å². The molecule has 0 radical (unpaired) electrons. The van der Waals surface area contributed by atoms with Crippen molar-refractivity contribution in [1.82, 2.24) is 10.5 Å². The van der Waals surface area contributed by atoms with E-state index in [0.717, 1.165) is 5.75 Å². The van der Waals surface area contributed by atoms with Gasteiger partial charge in [0, 0.05) is 12.3 Å².